The molecule has 1 saturated heterocycles. The molecule has 11 heteroatoms. The zero-order valence-electron chi connectivity index (χ0n) is 27.2. The summed E-state index contributed by atoms with van der Waals surface area (Å²) in [4.78, 5) is 31.5. The number of rotatable bonds is 7. The smallest absolute Gasteiger partial charge is 0.349 e. The highest BCUT2D eigenvalue weighted by Gasteiger charge is 2.59. The molecule has 3 aliphatic heterocycles. The average Bonchev–Trinajstić information content (AvgIpc) is 3.53. The first-order valence-corrected chi connectivity index (χ1v) is 16.0. The van der Waals surface area contributed by atoms with Crippen LogP contribution in [0.15, 0.2) is 54.2 Å². The lowest BCUT2D eigenvalue weighted by atomic mass is 9.53. The molecule has 2 aromatic rings. The molecule has 2 fully saturated rings. The van der Waals surface area contributed by atoms with Crippen molar-refractivity contribution in [3.63, 3.8) is 0 Å². The van der Waals surface area contributed by atoms with E-state index in [0.717, 1.165) is 18.4 Å². The SMILES string of the molecule is C=CC(=O)N[C@H]1C[C@@H](C#CC)CN(Cc2cc3c(c(C(F)(F)F)c2)CN(c2cccc(C4(C5(C)NN=CN5C)CC(C)C4)c2)C3=O)C1. The Labute approximate surface area is 274 Å². The molecule has 8 nitrogen and oxygen atoms in total. The monoisotopic (exact) mass is 646 g/mol. The number of benzene rings is 2. The molecule has 4 aliphatic rings. The summed E-state index contributed by atoms with van der Waals surface area (Å²) in [7, 11) is 1.98. The second kappa shape index (κ2) is 12.1. The molecule has 47 heavy (non-hydrogen) atoms. The molecule has 1 aliphatic carbocycles. The van der Waals surface area contributed by atoms with Crippen molar-refractivity contribution in [3.8, 4) is 11.8 Å². The normalized spacial score (nSPS) is 28.7. The van der Waals surface area contributed by atoms with Gasteiger partial charge in [-0.3, -0.25) is 19.9 Å². The number of hydrogen-bond acceptors (Lipinski definition) is 6. The van der Waals surface area contributed by atoms with Crippen molar-refractivity contribution in [2.24, 2.45) is 16.9 Å². The Morgan fingerprint density at radius 2 is 2.00 bits per heavy atom. The van der Waals surface area contributed by atoms with E-state index < -0.39 is 23.3 Å². The van der Waals surface area contributed by atoms with E-state index in [2.05, 4.69) is 53.0 Å². The lowest BCUT2D eigenvalue weighted by Crippen LogP contribution is -2.67. The number of anilines is 1. The highest BCUT2D eigenvalue weighted by Crippen LogP contribution is 2.56. The van der Waals surface area contributed by atoms with E-state index in [0.29, 0.717) is 36.7 Å². The van der Waals surface area contributed by atoms with Crippen LogP contribution in [0.25, 0.3) is 0 Å². The first kappa shape index (κ1) is 32.6. The van der Waals surface area contributed by atoms with Gasteiger partial charge in [0.25, 0.3) is 5.91 Å². The van der Waals surface area contributed by atoms with Crippen molar-refractivity contribution in [2.45, 2.75) is 76.4 Å². The average molecular weight is 647 g/mol. The van der Waals surface area contributed by atoms with Gasteiger partial charge in [-0.1, -0.05) is 31.6 Å². The Bertz CT molecular complexity index is 1690. The predicted octanol–water partition coefficient (Wildman–Crippen LogP) is 5.24. The molecule has 2 aromatic carbocycles. The van der Waals surface area contributed by atoms with Crippen molar-refractivity contribution >= 4 is 23.8 Å². The Kier molecular flexibility index (Phi) is 8.37. The Morgan fingerprint density at radius 1 is 1.23 bits per heavy atom. The maximum atomic E-state index is 14.6. The topological polar surface area (TPSA) is 80.3 Å². The number of hydrogen-bond donors (Lipinski definition) is 2. The fourth-order valence-corrected chi connectivity index (χ4v) is 8.17. The molecule has 3 heterocycles. The number of hydrazone groups is 1. The Hall–Kier alpha value is -4.30. The predicted molar refractivity (Wildman–Crippen MR) is 175 cm³/mol. The van der Waals surface area contributed by atoms with E-state index in [1.807, 2.05) is 30.1 Å². The van der Waals surface area contributed by atoms with Crippen LogP contribution in [0.4, 0.5) is 18.9 Å². The largest absolute Gasteiger partial charge is 0.416 e. The fraction of sp³-hybridized carbons (Fsp3) is 0.472. The van der Waals surface area contributed by atoms with Crippen LogP contribution in [0.1, 0.15) is 72.6 Å². The van der Waals surface area contributed by atoms with Crippen LogP contribution < -0.4 is 15.6 Å². The quantitative estimate of drug-likeness (QED) is 0.318. The molecule has 0 spiro atoms. The van der Waals surface area contributed by atoms with E-state index >= 15 is 0 Å². The summed E-state index contributed by atoms with van der Waals surface area (Å²) in [6.45, 7) is 10.6. The van der Waals surface area contributed by atoms with Gasteiger partial charge in [0.15, 0.2) is 0 Å². The summed E-state index contributed by atoms with van der Waals surface area (Å²) < 4.78 is 43.8. The number of carbonyl (C=O) groups excluding carboxylic acids is 2. The van der Waals surface area contributed by atoms with Gasteiger partial charge in [-0.2, -0.15) is 18.3 Å². The van der Waals surface area contributed by atoms with Crippen LogP contribution in [-0.2, 0) is 29.5 Å². The molecule has 0 aromatic heterocycles. The molecule has 248 valence electrons. The molecule has 0 radical (unpaired) electrons. The number of likely N-dealkylation sites (N-methyl/N-ethyl adjacent to an activating group) is 1. The van der Waals surface area contributed by atoms with E-state index in [4.69, 9.17) is 0 Å². The lowest BCUT2D eigenvalue weighted by molar-refractivity contribution is -0.138. The highest BCUT2D eigenvalue weighted by atomic mass is 19.4. The number of alkyl halides is 3. The summed E-state index contributed by atoms with van der Waals surface area (Å²) in [5.74, 6) is 5.76. The molecule has 2 N–H and O–H groups in total. The van der Waals surface area contributed by atoms with Crippen LogP contribution in [0, 0.1) is 23.7 Å². The first-order valence-electron chi connectivity index (χ1n) is 16.0. The third kappa shape index (κ3) is 5.77. The fourth-order valence-electron chi connectivity index (χ4n) is 8.17. The van der Waals surface area contributed by atoms with Gasteiger partial charge in [-0.15, -0.1) is 5.92 Å². The van der Waals surface area contributed by atoms with E-state index in [1.165, 1.54) is 17.0 Å². The summed E-state index contributed by atoms with van der Waals surface area (Å²) in [6, 6.07) is 10.2. The standard InChI is InChI=1S/C36H41F3N6O2/c1-6-9-24-12-27(41-32(46)7-2)20-44(18-24)19-25-13-29-30(31(14-25)36(37,38)39)21-45(33(29)47)28-11-8-10-26(15-28)35(16-23(3)17-35)34(4)42-40-22-43(34)5/h7-8,10-11,13-15,22-24,27,42H,2,12,16-21H2,1,3-5H3,(H,41,46)/t23?,24-,27+,34?,35?/m1/s1. The van der Waals surface area contributed by atoms with Gasteiger partial charge < -0.3 is 15.1 Å². The summed E-state index contributed by atoms with van der Waals surface area (Å²) >= 11 is 0. The summed E-state index contributed by atoms with van der Waals surface area (Å²) in [5, 5.41) is 7.23. The van der Waals surface area contributed by atoms with Crippen LogP contribution >= 0.6 is 0 Å². The van der Waals surface area contributed by atoms with Gasteiger partial charge in [-0.25, -0.2) is 0 Å². The summed E-state index contributed by atoms with van der Waals surface area (Å²) in [6.07, 6.45) is 0.778. The van der Waals surface area contributed by atoms with Crippen molar-refractivity contribution in [2.75, 3.05) is 25.0 Å². The number of fused-ring (bicyclic) bond motifs is 1. The molecule has 1 saturated carbocycles. The highest BCUT2D eigenvalue weighted by molar-refractivity contribution is 6.10. The minimum atomic E-state index is -4.64. The van der Waals surface area contributed by atoms with Gasteiger partial charge in [0, 0.05) is 55.3 Å². The van der Waals surface area contributed by atoms with Crippen LogP contribution in [0.5, 0.6) is 0 Å². The molecule has 6 rings (SSSR count). The molecule has 0 bridgehead atoms. The van der Waals surface area contributed by atoms with Crippen molar-refractivity contribution in [3.05, 3.63) is 76.9 Å². The second-order valence-electron chi connectivity index (χ2n) is 13.7. The Balaban J connectivity index is 1.30. The third-order valence-electron chi connectivity index (χ3n) is 10.5. The number of nitrogens with one attached hydrogen (secondary N) is 2. The Morgan fingerprint density at radius 3 is 2.64 bits per heavy atom. The molecule has 3 atom stereocenters. The minimum absolute atomic E-state index is 0.00863. The summed E-state index contributed by atoms with van der Waals surface area (Å²) in [5.41, 5.74) is 3.77. The number of carbonyl (C=O) groups is 2. The second-order valence-corrected chi connectivity index (χ2v) is 13.7. The van der Waals surface area contributed by atoms with E-state index in [9.17, 15) is 22.8 Å². The van der Waals surface area contributed by atoms with Crippen LogP contribution in [0.3, 0.4) is 0 Å². The number of likely N-dealkylation sites (tertiary alicyclic amines) is 1. The zero-order chi connectivity index (χ0) is 33.7. The van der Waals surface area contributed by atoms with Crippen molar-refractivity contribution in [1.82, 2.24) is 20.5 Å². The molecule has 2 amide bonds. The third-order valence-corrected chi connectivity index (χ3v) is 10.5. The maximum absolute atomic E-state index is 14.6. The van der Waals surface area contributed by atoms with Gasteiger partial charge in [0.2, 0.25) is 5.91 Å². The molecular formula is C36H41F3N6O2. The number of halogens is 3. The molecule has 1 unspecified atom stereocenters. The number of piperidine rings is 1. The van der Waals surface area contributed by atoms with Crippen molar-refractivity contribution < 1.29 is 22.8 Å². The number of amides is 2. The zero-order valence-corrected chi connectivity index (χ0v) is 27.2. The van der Waals surface area contributed by atoms with Crippen molar-refractivity contribution in [1.29, 1.82) is 0 Å². The number of nitrogens with zero attached hydrogens (tertiary/aromatic N) is 4. The first-order chi connectivity index (χ1) is 22.3. The maximum Gasteiger partial charge on any atom is 0.416 e. The van der Waals surface area contributed by atoms with Crippen LogP contribution in [-0.4, -0.2) is 59.8 Å². The minimum Gasteiger partial charge on any atom is -0.349 e. The van der Waals surface area contributed by atoms with Gasteiger partial charge in [0.05, 0.1) is 12.1 Å². The molecular weight excluding hydrogens is 605 g/mol. The van der Waals surface area contributed by atoms with E-state index in [-0.39, 0.29) is 47.5 Å². The van der Waals surface area contributed by atoms with Gasteiger partial charge in [0.1, 0.15) is 12.0 Å². The van der Waals surface area contributed by atoms with Crippen LogP contribution in [0.2, 0.25) is 0 Å². The van der Waals surface area contributed by atoms with Gasteiger partial charge in [-0.05, 0) is 86.1 Å². The van der Waals surface area contributed by atoms with Gasteiger partial charge >= 0.3 is 6.18 Å². The van der Waals surface area contributed by atoms with E-state index in [1.54, 1.807) is 25.4 Å². The lowest BCUT2D eigenvalue weighted by Gasteiger charge is -2.58.